The van der Waals surface area contributed by atoms with E-state index in [0.717, 1.165) is 30.4 Å². The van der Waals surface area contributed by atoms with Crippen LogP contribution in [0.15, 0.2) is 48.5 Å². The van der Waals surface area contributed by atoms with Gasteiger partial charge in [-0.15, -0.1) is 0 Å². The highest BCUT2D eigenvalue weighted by Gasteiger charge is 2.50. The highest BCUT2D eigenvalue weighted by Crippen LogP contribution is 2.42. The summed E-state index contributed by atoms with van der Waals surface area (Å²) in [5, 5.41) is 0. The molecule has 2 aliphatic rings. The molecule has 2 aliphatic heterocycles. The Bertz CT molecular complexity index is 800. The predicted octanol–water partition coefficient (Wildman–Crippen LogP) is 4.43. The van der Waals surface area contributed by atoms with Gasteiger partial charge in [0, 0.05) is 12.1 Å². The monoisotopic (exact) mass is 393 g/mol. The SMILES string of the molecule is COC(=O)[C@H]1[C@H](OC(c2ccc(C)cc2)c2ccc(C)cc2)CC2CC[C@@H]1N2C. The fraction of sp³-hybridized carbons (Fsp3) is 0.480. The number of hydrogen-bond acceptors (Lipinski definition) is 4. The van der Waals surface area contributed by atoms with Crippen molar-refractivity contribution in [1.82, 2.24) is 4.90 Å². The summed E-state index contributed by atoms with van der Waals surface area (Å²) in [5.41, 5.74) is 4.69. The minimum absolute atomic E-state index is 0.149. The van der Waals surface area contributed by atoms with Gasteiger partial charge in [-0.1, -0.05) is 59.7 Å². The van der Waals surface area contributed by atoms with Gasteiger partial charge in [0.2, 0.25) is 0 Å². The summed E-state index contributed by atoms with van der Waals surface area (Å²) in [4.78, 5) is 15.1. The molecule has 2 aromatic rings. The van der Waals surface area contributed by atoms with E-state index in [2.05, 4.69) is 74.3 Å². The quantitative estimate of drug-likeness (QED) is 0.705. The largest absolute Gasteiger partial charge is 0.469 e. The molecule has 29 heavy (non-hydrogen) atoms. The molecule has 2 fully saturated rings. The van der Waals surface area contributed by atoms with Crippen molar-refractivity contribution in [2.24, 2.45) is 5.92 Å². The van der Waals surface area contributed by atoms with Crippen LogP contribution in [-0.2, 0) is 14.3 Å². The average molecular weight is 394 g/mol. The van der Waals surface area contributed by atoms with Crippen LogP contribution >= 0.6 is 0 Å². The number of piperidine rings is 1. The second-order valence-electron chi connectivity index (χ2n) is 8.62. The average Bonchev–Trinajstić information content (AvgIpc) is 2.96. The molecule has 4 atom stereocenters. The molecule has 0 saturated carbocycles. The number of carbonyl (C=O) groups excluding carboxylic acids is 1. The van der Waals surface area contributed by atoms with E-state index in [1.165, 1.54) is 18.2 Å². The van der Waals surface area contributed by atoms with Crippen molar-refractivity contribution in [3.8, 4) is 0 Å². The molecule has 2 bridgehead atoms. The summed E-state index contributed by atoms with van der Waals surface area (Å²) in [6, 6.07) is 17.7. The van der Waals surface area contributed by atoms with Gasteiger partial charge in [0.15, 0.2) is 0 Å². The van der Waals surface area contributed by atoms with Gasteiger partial charge in [0.1, 0.15) is 6.10 Å². The molecule has 2 heterocycles. The van der Waals surface area contributed by atoms with Gasteiger partial charge in [0.05, 0.1) is 19.1 Å². The number of benzene rings is 2. The van der Waals surface area contributed by atoms with Crippen molar-refractivity contribution in [3.63, 3.8) is 0 Å². The molecule has 0 spiro atoms. The predicted molar refractivity (Wildman–Crippen MR) is 114 cm³/mol. The molecular formula is C25H31NO3. The molecule has 154 valence electrons. The molecule has 4 rings (SSSR count). The number of aryl methyl sites for hydroxylation is 2. The van der Waals surface area contributed by atoms with E-state index < -0.39 is 0 Å². The minimum Gasteiger partial charge on any atom is -0.469 e. The van der Waals surface area contributed by atoms with Gasteiger partial charge < -0.3 is 9.47 Å². The first kappa shape index (κ1) is 20.1. The van der Waals surface area contributed by atoms with E-state index in [1.54, 1.807) is 0 Å². The molecule has 0 aliphatic carbocycles. The zero-order valence-electron chi connectivity index (χ0n) is 17.8. The number of methoxy groups -OCH3 is 1. The van der Waals surface area contributed by atoms with Crippen molar-refractivity contribution >= 4 is 5.97 Å². The van der Waals surface area contributed by atoms with E-state index in [-0.39, 0.29) is 30.1 Å². The van der Waals surface area contributed by atoms with Crippen LogP contribution in [0.2, 0.25) is 0 Å². The molecule has 4 nitrogen and oxygen atoms in total. The van der Waals surface area contributed by atoms with Gasteiger partial charge in [-0.05, 0) is 51.3 Å². The van der Waals surface area contributed by atoms with Crippen molar-refractivity contribution in [3.05, 3.63) is 70.8 Å². The molecule has 0 aromatic heterocycles. The lowest BCUT2D eigenvalue weighted by atomic mass is 9.87. The fourth-order valence-electron chi connectivity index (χ4n) is 5.01. The summed E-state index contributed by atoms with van der Waals surface area (Å²) in [7, 11) is 3.61. The Kier molecular flexibility index (Phi) is 5.75. The second kappa shape index (κ2) is 8.29. The van der Waals surface area contributed by atoms with Crippen LogP contribution in [-0.4, -0.2) is 43.2 Å². The van der Waals surface area contributed by atoms with Crippen LogP contribution in [0.5, 0.6) is 0 Å². The maximum absolute atomic E-state index is 12.7. The summed E-state index contributed by atoms with van der Waals surface area (Å²) in [6.07, 6.45) is 2.66. The summed E-state index contributed by atoms with van der Waals surface area (Å²) in [5.74, 6) is -0.402. The van der Waals surface area contributed by atoms with Crippen LogP contribution in [0, 0.1) is 19.8 Å². The lowest BCUT2D eigenvalue weighted by molar-refractivity contribution is -0.162. The summed E-state index contributed by atoms with van der Waals surface area (Å²) >= 11 is 0. The number of carbonyl (C=O) groups is 1. The Morgan fingerprint density at radius 3 is 2.03 bits per heavy atom. The van der Waals surface area contributed by atoms with Crippen LogP contribution in [0.3, 0.4) is 0 Å². The third-order valence-electron chi connectivity index (χ3n) is 6.76. The first-order valence-electron chi connectivity index (χ1n) is 10.6. The lowest BCUT2D eigenvalue weighted by Crippen LogP contribution is -2.53. The molecule has 4 heteroatoms. The number of rotatable bonds is 5. The smallest absolute Gasteiger partial charge is 0.312 e. The Morgan fingerprint density at radius 1 is 0.966 bits per heavy atom. The second-order valence-corrected chi connectivity index (χ2v) is 8.62. The van der Waals surface area contributed by atoms with Crippen molar-refractivity contribution in [2.45, 2.75) is 57.4 Å². The van der Waals surface area contributed by atoms with Crippen molar-refractivity contribution in [2.75, 3.05) is 14.2 Å². The number of ether oxygens (including phenoxy) is 2. The van der Waals surface area contributed by atoms with Crippen LogP contribution < -0.4 is 0 Å². The molecule has 0 N–H and O–H groups in total. The van der Waals surface area contributed by atoms with E-state index in [9.17, 15) is 4.79 Å². The van der Waals surface area contributed by atoms with E-state index in [4.69, 9.17) is 9.47 Å². The normalized spacial score (nSPS) is 26.7. The van der Waals surface area contributed by atoms with Gasteiger partial charge in [-0.25, -0.2) is 0 Å². The van der Waals surface area contributed by atoms with Crippen molar-refractivity contribution in [1.29, 1.82) is 0 Å². The molecule has 2 saturated heterocycles. The fourth-order valence-corrected chi connectivity index (χ4v) is 5.01. The zero-order chi connectivity index (χ0) is 20.5. The minimum atomic E-state index is -0.248. The topological polar surface area (TPSA) is 38.8 Å². The zero-order valence-corrected chi connectivity index (χ0v) is 17.8. The summed E-state index contributed by atoms with van der Waals surface area (Å²) < 4.78 is 12.0. The van der Waals surface area contributed by atoms with Gasteiger partial charge >= 0.3 is 5.97 Å². The summed E-state index contributed by atoms with van der Waals surface area (Å²) in [6.45, 7) is 4.18. The third-order valence-corrected chi connectivity index (χ3v) is 6.76. The van der Waals surface area contributed by atoms with E-state index >= 15 is 0 Å². The number of esters is 1. The highest BCUT2D eigenvalue weighted by molar-refractivity contribution is 5.74. The van der Waals surface area contributed by atoms with Crippen LogP contribution in [0.4, 0.5) is 0 Å². The molecular weight excluding hydrogens is 362 g/mol. The lowest BCUT2D eigenvalue weighted by Gasteiger charge is -2.42. The Morgan fingerprint density at radius 2 is 1.52 bits per heavy atom. The molecule has 0 radical (unpaired) electrons. The maximum atomic E-state index is 12.7. The maximum Gasteiger partial charge on any atom is 0.312 e. The van der Waals surface area contributed by atoms with Gasteiger partial charge in [-0.3, -0.25) is 9.69 Å². The van der Waals surface area contributed by atoms with Crippen molar-refractivity contribution < 1.29 is 14.3 Å². The first-order chi connectivity index (χ1) is 14.0. The first-order valence-corrected chi connectivity index (χ1v) is 10.6. The Balaban J connectivity index is 1.68. The third kappa shape index (κ3) is 3.96. The number of hydrogen-bond donors (Lipinski definition) is 0. The number of nitrogens with zero attached hydrogens (tertiary/aromatic N) is 1. The van der Waals surface area contributed by atoms with Gasteiger partial charge in [0.25, 0.3) is 0 Å². The highest BCUT2D eigenvalue weighted by atomic mass is 16.5. The Hall–Kier alpha value is -2.17. The molecule has 0 amide bonds. The standard InChI is InChI=1S/C25H31NO3/c1-16-5-9-18(10-6-16)24(19-11-7-17(2)8-12-19)29-22-15-20-13-14-21(26(20)3)23(22)25(27)28-4/h5-12,20-24H,13-15H2,1-4H3/t20?,21-,22+,23+/m0/s1. The van der Waals surface area contributed by atoms with Gasteiger partial charge in [-0.2, -0.15) is 0 Å². The molecule has 1 unspecified atom stereocenters. The number of fused-ring (bicyclic) bond motifs is 2. The van der Waals surface area contributed by atoms with E-state index in [0.29, 0.717) is 6.04 Å². The Labute approximate surface area is 173 Å². The van der Waals surface area contributed by atoms with Crippen LogP contribution in [0.25, 0.3) is 0 Å². The molecule has 2 aromatic carbocycles. The van der Waals surface area contributed by atoms with Crippen LogP contribution in [0.1, 0.15) is 47.6 Å². The van der Waals surface area contributed by atoms with E-state index in [1.807, 2.05) is 0 Å².